The number of hydrogen-bond donors (Lipinski definition) is 1. The average molecular weight is 321 g/mol. The highest BCUT2D eigenvalue weighted by Gasteiger charge is 2.30. The molecule has 0 heterocycles. The van der Waals surface area contributed by atoms with Crippen molar-refractivity contribution in [3.8, 4) is 0 Å². The highest BCUT2D eigenvalue weighted by atomic mass is 19.4. The van der Waals surface area contributed by atoms with Crippen LogP contribution >= 0.6 is 0 Å². The molecule has 5 heteroatoms. The number of amides is 1. The van der Waals surface area contributed by atoms with Crippen LogP contribution in [0.5, 0.6) is 0 Å². The van der Waals surface area contributed by atoms with Crippen LogP contribution < -0.4 is 5.32 Å². The monoisotopic (exact) mass is 321 g/mol. The summed E-state index contributed by atoms with van der Waals surface area (Å²) < 4.78 is 37.5. The molecule has 0 saturated heterocycles. The normalized spacial score (nSPS) is 12.1. The van der Waals surface area contributed by atoms with Gasteiger partial charge in [-0.05, 0) is 47.4 Å². The fourth-order valence-corrected chi connectivity index (χ4v) is 2.07. The summed E-state index contributed by atoms with van der Waals surface area (Å²) in [5, 5.41) is 2.67. The summed E-state index contributed by atoms with van der Waals surface area (Å²) in [6.45, 7) is 6.26. The van der Waals surface area contributed by atoms with Crippen LogP contribution in [0.3, 0.4) is 0 Å². The smallest absolute Gasteiger partial charge is 0.322 e. The minimum Gasteiger partial charge on any atom is -0.322 e. The molecule has 0 fully saturated rings. The quantitative estimate of drug-likeness (QED) is 0.803. The number of benzene rings is 2. The van der Waals surface area contributed by atoms with Crippen molar-refractivity contribution in [3.05, 3.63) is 65.2 Å². The molecule has 0 saturated carbocycles. The van der Waals surface area contributed by atoms with Crippen LogP contribution in [0.2, 0.25) is 0 Å². The van der Waals surface area contributed by atoms with E-state index in [1.165, 1.54) is 12.1 Å². The Bertz CT molecular complexity index is 680. The molecule has 0 bridgehead atoms. The van der Waals surface area contributed by atoms with E-state index >= 15 is 0 Å². The summed E-state index contributed by atoms with van der Waals surface area (Å²) in [7, 11) is 0. The Balaban J connectivity index is 2.10. The lowest BCUT2D eigenvalue weighted by molar-refractivity contribution is -0.137. The van der Waals surface area contributed by atoms with Crippen molar-refractivity contribution in [1.82, 2.24) is 0 Å². The molecule has 0 spiro atoms. The van der Waals surface area contributed by atoms with Gasteiger partial charge in [-0.15, -0.1) is 0 Å². The zero-order valence-corrected chi connectivity index (χ0v) is 13.2. The lowest BCUT2D eigenvalue weighted by atomic mass is 9.87. The van der Waals surface area contributed by atoms with Crippen LogP contribution in [0.25, 0.3) is 0 Å². The SMILES string of the molecule is CC(C)(C)c1ccc(NC(=O)c2ccc(C(F)(F)F)cc2)cc1. The fraction of sp³-hybridized carbons (Fsp3) is 0.278. The third-order valence-electron chi connectivity index (χ3n) is 3.48. The molecule has 0 unspecified atom stereocenters. The molecular weight excluding hydrogens is 303 g/mol. The summed E-state index contributed by atoms with van der Waals surface area (Å²) in [4.78, 5) is 12.1. The molecule has 23 heavy (non-hydrogen) atoms. The first-order valence-corrected chi connectivity index (χ1v) is 7.16. The number of halogens is 3. The molecular formula is C18H18F3NO. The summed E-state index contributed by atoms with van der Waals surface area (Å²) in [5.74, 6) is -0.442. The summed E-state index contributed by atoms with van der Waals surface area (Å²) in [5.41, 5.74) is 1.14. The van der Waals surface area contributed by atoms with Crippen LogP contribution in [-0.2, 0) is 11.6 Å². The summed E-state index contributed by atoms with van der Waals surface area (Å²) >= 11 is 0. The van der Waals surface area contributed by atoms with Crippen molar-refractivity contribution in [2.75, 3.05) is 5.32 Å². The molecule has 0 aromatic heterocycles. The van der Waals surface area contributed by atoms with E-state index in [1.54, 1.807) is 12.1 Å². The van der Waals surface area contributed by atoms with E-state index in [-0.39, 0.29) is 11.0 Å². The summed E-state index contributed by atoms with van der Waals surface area (Å²) in [6, 6.07) is 11.5. The van der Waals surface area contributed by atoms with Crippen molar-refractivity contribution in [2.24, 2.45) is 0 Å². The minimum absolute atomic E-state index is 0.00989. The molecule has 2 aromatic carbocycles. The zero-order chi connectivity index (χ0) is 17.3. The van der Waals surface area contributed by atoms with Crippen molar-refractivity contribution in [3.63, 3.8) is 0 Å². The second kappa shape index (κ2) is 6.07. The Morgan fingerprint density at radius 1 is 0.826 bits per heavy atom. The first kappa shape index (κ1) is 17.1. The maximum atomic E-state index is 12.5. The van der Waals surface area contributed by atoms with Crippen LogP contribution in [0.1, 0.15) is 42.3 Å². The number of anilines is 1. The molecule has 0 aliphatic heterocycles. The Morgan fingerprint density at radius 3 is 1.74 bits per heavy atom. The predicted molar refractivity (Wildman–Crippen MR) is 84.5 cm³/mol. The number of nitrogens with one attached hydrogen (secondary N) is 1. The van der Waals surface area contributed by atoms with Gasteiger partial charge in [0.2, 0.25) is 0 Å². The molecule has 0 radical (unpaired) electrons. The van der Waals surface area contributed by atoms with Gasteiger partial charge in [-0.25, -0.2) is 0 Å². The zero-order valence-electron chi connectivity index (χ0n) is 13.2. The van der Waals surface area contributed by atoms with Crippen LogP contribution in [0, 0.1) is 0 Å². The second-order valence-corrected chi connectivity index (χ2v) is 6.36. The maximum Gasteiger partial charge on any atom is 0.416 e. The lowest BCUT2D eigenvalue weighted by Crippen LogP contribution is -2.14. The fourth-order valence-electron chi connectivity index (χ4n) is 2.07. The van der Waals surface area contributed by atoms with E-state index in [0.29, 0.717) is 5.69 Å². The lowest BCUT2D eigenvalue weighted by Gasteiger charge is -2.19. The van der Waals surface area contributed by atoms with Crippen molar-refractivity contribution >= 4 is 11.6 Å². The third-order valence-corrected chi connectivity index (χ3v) is 3.48. The standard InChI is InChI=1S/C18H18F3NO/c1-17(2,3)13-8-10-15(11-9-13)22-16(23)12-4-6-14(7-5-12)18(19,20)21/h4-11H,1-3H3,(H,22,23). The molecule has 2 nitrogen and oxygen atoms in total. The molecule has 0 aliphatic rings. The van der Waals surface area contributed by atoms with Crippen molar-refractivity contribution in [1.29, 1.82) is 0 Å². The average Bonchev–Trinajstić information content (AvgIpc) is 2.46. The topological polar surface area (TPSA) is 29.1 Å². The van der Waals surface area contributed by atoms with Gasteiger partial charge in [-0.2, -0.15) is 13.2 Å². The Hall–Kier alpha value is -2.30. The van der Waals surface area contributed by atoms with Gasteiger partial charge in [0.25, 0.3) is 5.91 Å². The van der Waals surface area contributed by atoms with E-state index in [0.717, 1.165) is 17.7 Å². The highest BCUT2D eigenvalue weighted by molar-refractivity contribution is 6.04. The van der Waals surface area contributed by atoms with Crippen LogP contribution in [-0.4, -0.2) is 5.91 Å². The molecule has 0 aliphatic carbocycles. The van der Waals surface area contributed by atoms with E-state index in [4.69, 9.17) is 0 Å². The van der Waals surface area contributed by atoms with Crippen molar-refractivity contribution in [2.45, 2.75) is 32.4 Å². The Kier molecular flexibility index (Phi) is 4.50. The number of carbonyl (C=O) groups excluding carboxylic acids is 1. The third kappa shape index (κ3) is 4.34. The van der Waals surface area contributed by atoms with Gasteiger partial charge in [0.1, 0.15) is 0 Å². The molecule has 1 N–H and O–H groups in total. The maximum absolute atomic E-state index is 12.5. The number of rotatable bonds is 2. The second-order valence-electron chi connectivity index (χ2n) is 6.36. The van der Waals surface area contributed by atoms with E-state index in [2.05, 4.69) is 26.1 Å². The van der Waals surface area contributed by atoms with Gasteiger partial charge in [0.15, 0.2) is 0 Å². The van der Waals surface area contributed by atoms with Gasteiger partial charge >= 0.3 is 6.18 Å². The van der Waals surface area contributed by atoms with Gasteiger partial charge in [-0.1, -0.05) is 32.9 Å². The minimum atomic E-state index is -4.40. The molecule has 122 valence electrons. The first-order chi connectivity index (χ1) is 10.6. The van der Waals surface area contributed by atoms with E-state index in [9.17, 15) is 18.0 Å². The number of carbonyl (C=O) groups is 1. The number of alkyl halides is 3. The first-order valence-electron chi connectivity index (χ1n) is 7.16. The molecule has 2 rings (SSSR count). The molecule has 2 aromatic rings. The molecule has 1 amide bonds. The van der Waals surface area contributed by atoms with Gasteiger partial charge in [-0.3, -0.25) is 4.79 Å². The number of hydrogen-bond acceptors (Lipinski definition) is 1. The Morgan fingerprint density at radius 2 is 1.30 bits per heavy atom. The van der Waals surface area contributed by atoms with E-state index in [1.807, 2.05) is 12.1 Å². The highest BCUT2D eigenvalue weighted by Crippen LogP contribution is 2.29. The van der Waals surface area contributed by atoms with Gasteiger partial charge in [0.05, 0.1) is 5.56 Å². The van der Waals surface area contributed by atoms with Gasteiger partial charge < -0.3 is 5.32 Å². The largest absolute Gasteiger partial charge is 0.416 e. The van der Waals surface area contributed by atoms with Crippen molar-refractivity contribution < 1.29 is 18.0 Å². The summed E-state index contributed by atoms with van der Waals surface area (Å²) in [6.07, 6.45) is -4.40. The van der Waals surface area contributed by atoms with Gasteiger partial charge in [0, 0.05) is 11.3 Å². The predicted octanol–water partition coefficient (Wildman–Crippen LogP) is 5.26. The van der Waals surface area contributed by atoms with Crippen LogP contribution in [0.15, 0.2) is 48.5 Å². The molecule has 0 atom stereocenters. The Labute approximate surface area is 133 Å². The van der Waals surface area contributed by atoms with Crippen LogP contribution in [0.4, 0.5) is 18.9 Å². The van der Waals surface area contributed by atoms with E-state index < -0.39 is 17.6 Å².